The summed E-state index contributed by atoms with van der Waals surface area (Å²) in [5.41, 5.74) is 0.823. The van der Waals surface area contributed by atoms with Crippen molar-refractivity contribution in [1.82, 2.24) is 9.62 Å². The maximum atomic E-state index is 12.6. The van der Waals surface area contributed by atoms with Gasteiger partial charge >= 0.3 is 5.97 Å². The molecule has 0 aromatic heterocycles. The van der Waals surface area contributed by atoms with Crippen molar-refractivity contribution in [2.45, 2.75) is 38.1 Å². The molecule has 0 bridgehead atoms. The SMILES string of the molecule is COC(=O)[C@@H](CC(C)C)NC(=O)c1cc(S(=O)(=O)N(C)C)ccc1C. The summed E-state index contributed by atoms with van der Waals surface area (Å²) in [6.07, 6.45) is 0.424. The van der Waals surface area contributed by atoms with Gasteiger partial charge in [-0.25, -0.2) is 17.5 Å². The number of ether oxygens (including phenoxy) is 1. The van der Waals surface area contributed by atoms with Gasteiger partial charge in [-0.2, -0.15) is 0 Å². The first-order chi connectivity index (χ1) is 11.5. The molecule has 0 aliphatic carbocycles. The molecule has 1 aromatic rings. The minimum absolute atomic E-state index is 0.0201. The van der Waals surface area contributed by atoms with E-state index in [4.69, 9.17) is 4.74 Å². The second-order valence-electron chi connectivity index (χ2n) is 6.44. The fourth-order valence-corrected chi connectivity index (χ4v) is 3.21. The van der Waals surface area contributed by atoms with Gasteiger partial charge in [-0.15, -0.1) is 0 Å². The van der Waals surface area contributed by atoms with Crippen molar-refractivity contribution < 1.29 is 22.7 Å². The van der Waals surface area contributed by atoms with E-state index in [1.807, 2.05) is 13.8 Å². The highest BCUT2D eigenvalue weighted by molar-refractivity contribution is 7.89. The van der Waals surface area contributed by atoms with Gasteiger partial charge in [0.25, 0.3) is 5.91 Å². The fourth-order valence-electron chi connectivity index (χ4n) is 2.28. The van der Waals surface area contributed by atoms with Gasteiger partial charge in [0.2, 0.25) is 10.0 Å². The standard InChI is InChI=1S/C17H26N2O5S/c1-11(2)9-15(17(21)24-6)18-16(20)14-10-13(8-7-12(14)3)25(22,23)19(4)5/h7-8,10-11,15H,9H2,1-6H3,(H,18,20)/t15-/m1/s1. The second-order valence-corrected chi connectivity index (χ2v) is 8.59. The lowest BCUT2D eigenvalue weighted by atomic mass is 10.0. The summed E-state index contributed by atoms with van der Waals surface area (Å²) in [4.78, 5) is 24.5. The predicted octanol–water partition coefficient (Wildman–Crippen LogP) is 1.56. The summed E-state index contributed by atoms with van der Waals surface area (Å²) in [5, 5.41) is 2.64. The largest absolute Gasteiger partial charge is 0.467 e. The minimum atomic E-state index is -3.66. The molecule has 7 nitrogen and oxygen atoms in total. The van der Waals surface area contributed by atoms with Gasteiger partial charge in [0, 0.05) is 19.7 Å². The maximum absolute atomic E-state index is 12.6. The van der Waals surface area contributed by atoms with Crippen LogP contribution in [0.4, 0.5) is 0 Å². The van der Waals surface area contributed by atoms with Crippen molar-refractivity contribution >= 4 is 21.9 Å². The number of amides is 1. The molecule has 0 saturated carbocycles. The van der Waals surface area contributed by atoms with E-state index in [0.29, 0.717) is 12.0 Å². The van der Waals surface area contributed by atoms with Gasteiger partial charge in [-0.1, -0.05) is 19.9 Å². The van der Waals surface area contributed by atoms with Crippen molar-refractivity contribution in [1.29, 1.82) is 0 Å². The summed E-state index contributed by atoms with van der Waals surface area (Å²) in [5.74, 6) is -0.868. The smallest absolute Gasteiger partial charge is 0.328 e. The Morgan fingerprint density at radius 1 is 1.24 bits per heavy atom. The van der Waals surface area contributed by atoms with Crippen molar-refractivity contribution in [3.05, 3.63) is 29.3 Å². The number of benzene rings is 1. The van der Waals surface area contributed by atoms with Crippen LogP contribution in [0.5, 0.6) is 0 Å². The Labute approximate surface area is 149 Å². The number of nitrogens with zero attached hydrogens (tertiary/aromatic N) is 1. The fraction of sp³-hybridized carbons (Fsp3) is 0.529. The van der Waals surface area contributed by atoms with Crippen LogP contribution >= 0.6 is 0 Å². The van der Waals surface area contributed by atoms with E-state index < -0.39 is 27.9 Å². The summed E-state index contributed by atoms with van der Waals surface area (Å²) in [6, 6.07) is 3.56. The van der Waals surface area contributed by atoms with Crippen LogP contribution in [-0.2, 0) is 19.6 Å². The number of methoxy groups -OCH3 is 1. The van der Waals surface area contributed by atoms with Crippen LogP contribution < -0.4 is 5.32 Å². The molecule has 0 radical (unpaired) electrons. The molecule has 25 heavy (non-hydrogen) atoms. The molecule has 0 aliphatic rings. The van der Waals surface area contributed by atoms with E-state index in [2.05, 4.69) is 5.32 Å². The number of hydrogen-bond acceptors (Lipinski definition) is 5. The van der Waals surface area contributed by atoms with Crippen LogP contribution in [0.2, 0.25) is 0 Å². The van der Waals surface area contributed by atoms with Crippen LogP contribution in [0.1, 0.15) is 36.2 Å². The van der Waals surface area contributed by atoms with Gasteiger partial charge in [-0.05, 0) is 37.0 Å². The number of nitrogens with one attached hydrogen (secondary N) is 1. The van der Waals surface area contributed by atoms with Crippen LogP contribution in [0.25, 0.3) is 0 Å². The first-order valence-electron chi connectivity index (χ1n) is 7.92. The van der Waals surface area contributed by atoms with E-state index in [1.165, 1.54) is 33.3 Å². The Hall–Kier alpha value is -1.93. The molecule has 8 heteroatoms. The average Bonchev–Trinajstić information content (AvgIpc) is 2.52. The van der Waals surface area contributed by atoms with Gasteiger partial charge in [0.15, 0.2) is 0 Å². The predicted molar refractivity (Wildman–Crippen MR) is 94.8 cm³/mol. The Kier molecular flexibility index (Phi) is 7.13. The quantitative estimate of drug-likeness (QED) is 0.735. The Morgan fingerprint density at radius 3 is 2.32 bits per heavy atom. The van der Waals surface area contributed by atoms with Crippen molar-refractivity contribution in [3.8, 4) is 0 Å². The topological polar surface area (TPSA) is 92.8 Å². The summed E-state index contributed by atoms with van der Waals surface area (Å²) >= 11 is 0. The molecule has 1 rings (SSSR count). The van der Waals surface area contributed by atoms with Crippen molar-refractivity contribution in [2.75, 3.05) is 21.2 Å². The number of esters is 1. The number of carbonyl (C=O) groups excluding carboxylic acids is 2. The van der Waals surface area contributed by atoms with Gasteiger partial charge in [0.1, 0.15) is 6.04 Å². The molecule has 0 aliphatic heterocycles. The van der Waals surface area contributed by atoms with E-state index in [-0.39, 0.29) is 16.4 Å². The summed E-state index contributed by atoms with van der Waals surface area (Å²) in [7, 11) is 0.448. The average molecular weight is 370 g/mol. The Bertz CT molecular complexity index is 741. The summed E-state index contributed by atoms with van der Waals surface area (Å²) < 4.78 is 30.3. The highest BCUT2D eigenvalue weighted by Crippen LogP contribution is 2.18. The van der Waals surface area contributed by atoms with Crippen LogP contribution in [0, 0.1) is 12.8 Å². The molecule has 140 valence electrons. The molecular weight excluding hydrogens is 344 g/mol. The molecule has 1 amide bonds. The molecule has 1 aromatic carbocycles. The highest BCUT2D eigenvalue weighted by atomic mass is 32.2. The molecule has 1 atom stereocenters. The third-order valence-electron chi connectivity index (χ3n) is 3.73. The van der Waals surface area contributed by atoms with Crippen LogP contribution in [0.15, 0.2) is 23.1 Å². The Balaban J connectivity index is 3.18. The first-order valence-corrected chi connectivity index (χ1v) is 9.36. The van der Waals surface area contributed by atoms with E-state index in [1.54, 1.807) is 13.0 Å². The zero-order chi connectivity index (χ0) is 19.4. The molecule has 1 N–H and O–H groups in total. The monoisotopic (exact) mass is 370 g/mol. The van der Waals surface area contributed by atoms with Gasteiger partial charge < -0.3 is 10.1 Å². The highest BCUT2D eigenvalue weighted by Gasteiger charge is 2.25. The minimum Gasteiger partial charge on any atom is -0.467 e. The van der Waals surface area contributed by atoms with Gasteiger partial charge in [0.05, 0.1) is 12.0 Å². The van der Waals surface area contributed by atoms with Crippen LogP contribution in [0.3, 0.4) is 0 Å². The molecule has 0 saturated heterocycles. The summed E-state index contributed by atoms with van der Waals surface area (Å²) in [6.45, 7) is 5.56. The van der Waals surface area contributed by atoms with Crippen LogP contribution in [-0.4, -0.2) is 51.8 Å². The lowest BCUT2D eigenvalue weighted by Crippen LogP contribution is -2.42. The van der Waals surface area contributed by atoms with Crippen molar-refractivity contribution in [3.63, 3.8) is 0 Å². The lowest BCUT2D eigenvalue weighted by molar-refractivity contribution is -0.143. The molecule has 0 heterocycles. The molecular formula is C17H26N2O5S. The van der Waals surface area contributed by atoms with E-state index >= 15 is 0 Å². The van der Waals surface area contributed by atoms with Gasteiger partial charge in [-0.3, -0.25) is 4.79 Å². The molecule has 0 unspecified atom stereocenters. The molecule has 0 spiro atoms. The number of carbonyl (C=O) groups is 2. The first kappa shape index (κ1) is 21.1. The Morgan fingerprint density at radius 2 is 1.84 bits per heavy atom. The number of rotatable bonds is 7. The third kappa shape index (κ3) is 5.27. The lowest BCUT2D eigenvalue weighted by Gasteiger charge is -2.19. The van der Waals surface area contributed by atoms with Crippen molar-refractivity contribution in [2.24, 2.45) is 5.92 Å². The van der Waals surface area contributed by atoms with E-state index in [9.17, 15) is 18.0 Å². The maximum Gasteiger partial charge on any atom is 0.328 e. The zero-order valence-electron chi connectivity index (χ0n) is 15.5. The molecule has 0 fully saturated rings. The zero-order valence-corrected chi connectivity index (χ0v) is 16.3. The second kappa shape index (κ2) is 8.44. The number of aryl methyl sites for hydroxylation is 1. The van der Waals surface area contributed by atoms with E-state index in [0.717, 1.165) is 4.31 Å². The third-order valence-corrected chi connectivity index (χ3v) is 5.54. The number of hydrogen-bond donors (Lipinski definition) is 1. The normalized spacial score (nSPS) is 13.0. The number of sulfonamides is 1.